The van der Waals surface area contributed by atoms with Crippen molar-refractivity contribution in [1.29, 1.82) is 0 Å². The molecule has 1 unspecified atom stereocenters. The van der Waals surface area contributed by atoms with Crippen LogP contribution in [0.2, 0.25) is 0 Å². The number of rotatable bonds is 7. The topological polar surface area (TPSA) is 0 Å². The standard InChI is InChI=1S/C14H30/c1-7-13(4)10-8-9-11-14(5,6)12(2)3/h12-13H,7-11H2,1-6H3. The molecule has 0 heterocycles. The van der Waals surface area contributed by atoms with E-state index >= 15 is 0 Å². The highest BCUT2D eigenvalue weighted by Crippen LogP contribution is 2.32. The van der Waals surface area contributed by atoms with Crippen LogP contribution < -0.4 is 0 Å². The van der Waals surface area contributed by atoms with Crippen molar-refractivity contribution in [3.63, 3.8) is 0 Å². The molecule has 1 atom stereocenters. The fraction of sp³-hybridized carbons (Fsp3) is 1.00. The molecule has 0 aliphatic rings. The molecule has 0 amide bonds. The van der Waals surface area contributed by atoms with Crippen LogP contribution in [0.25, 0.3) is 0 Å². The van der Waals surface area contributed by atoms with Gasteiger partial charge in [0, 0.05) is 0 Å². The molecule has 0 heteroatoms. The van der Waals surface area contributed by atoms with Gasteiger partial charge in [-0.3, -0.25) is 0 Å². The van der Waals surface area contributed by atoms with Gasteiger partial charge >= 0.3 is 0 Å². The lowest BCUT2D eigenvalue weighted by Gasteiger charge is -2.29. The van der Waals surface area contributed by atoms with Crippen molar-refractivity contribution in [1.82, 2.24) is 0 Å². The van der Waals surface area contributed by atoms with Gasteiger partial charge in [0.25, 0.3) is 0 Å². The maximum atomic E-state index is 2.40. The zero-order chi connectivity index (χ0) is 11.2. The molecule has 0 saturated heterocycles. The molecule has 0 spiro atoms. The van der Waals surface area contributed by atoms with Gasteiger partial charge in [-0.05, 0) is 23.7 Å². The zero-order valence-electron chi connectivity index (χ0n) is 11.2. The van der Waals surface area contributed by atoms with Crippen LogP contribution in [0.5, 0.6) is 0 Å². The smallest absolute Gasteiger partial charge is 0.0331 e. The molecule has 14 heavy (non-hydrogen) atoms. The average molecular weight is 198 g/mol. The molecule has 0 aromatic heterocycles. The molecular weight excluding hydrogens is 168 g/mol. The van der Waals surface area contributed by atoms with Gasteiger partial charge in [-0.2, -0.15) is 0 Å². The van der Waals surface area contributed by atoms with E-state index in [1.54, 1.807) is 0 Å². The van der Waals surface area contributed by atoms with Crippen molar-refractivity contribution < 1.29 is 0 Å². The van der Waals surface area contributed by atoms with Crippen LogP contribution in [0.4, 0.5) is 0 Å². The monoisotopic (exact) mass is 198 g/mol. The first-order valence-electron chi connectivity index (χ1n) is 6.40. The third-order valence-corrected chi connectivity index (χ3v) is 4.03. The first kappa shape index (κ1) is 14.0. The van der Waals surface area contributed by atoms with Gasteiger partial charge in [-0.25, -0.2) is 0 Å². The minimum atomic E-state index is 0.537. The van der Waals surface area contributed by atoms with Gasteiger partial charge in [-0.15, -0.1) is 0 Å². The van der Waals surface area contributed by atoms with Crippen LogP contribution in [-0.4, -0.2) is 0 Å². The predicted molar refractivity (Wildman–Crippen MR) is 66.5 cm³/mol. The van der Waals surface area contributed by atoms with Gasteiger partial charge in [0.15, 0.2) is 0 Å². The Labute approximate surface area is 91.5 Å². The molecule has 0 nitrogen and oxygen atoms in total. The summed E-state index contributed by atoms with van der Waals surface area (Å²) < 4.78 is 0. The molecule has 0 bridgehead atoms. The lowest BCUT2D eigenvalue weighted by Crippen LogP contribution is -2.18. The van der Waals surface area contributed by atoms with E-state index < -0.39 is 0 Å². The van der Waals surface area contributed by atoms with Crippen LogP contribution in [0.3, 0.4) is 0 Å². The normalized spacial score (nSPS) is 14.8. The Balaban J connectivity index is 3.54. The van der Waals surface area contributed by atoms with Crippen molar-refractivity contribution in [3.8, 4) is 0 Å². The average Bonchev–Trinajstić information content (AvgIpc) is 2.11. The largest absolute Gasteiger partial charge is 0.0651 e. The number of hydrogen-bond acceptors (Lipinski definition) is 0. The van der Waals surface area contributed by atoms with E-state index in [1.807, 2.05) is 0 Å². The molecule has 0 radical (unpaired) electrons. The summed E-state index contributed by atoms with van der Waals surface area (Å²) in [5.41, 5.74) is 0.537. The van der Waals surface area contributed by atoms with E-state index in [4.69, 9.17) is 0 Å². The molecule has 0 saturated carbocycles. The van der Waals surface area contributed by atoms with Crippen molar-refractivity contribution >= 4 is 0 Å². The Morgan fingerprint density at radius 1 is 1.00 bits per heavy atom. The molecule has 0 aliphatic heterocycles. The quantitative estimate of drug-likeness (QED) is 0.488. The van der Waals surface area contributed by atoms with Crippen LogP contribution in [0, 0.1) is 17.3 Å². The summed E-state index contributed by atoms with van der Waals surface area (Å²) in [6.07, 6.45) is 6.99. The van der Waals surface area contributed by atoms with E-state index in [0.717, 1.165) is 11.8 Å². The van der Waals surface area contributed by atoms with Crippen molar-refractivity contribution in [2.24, 2.45) is 17.3 Å². The minimum absolute atomic E-state index is 0.537. The zero-order valence-corrected chi connectivity index (χ0v) is 11.2. The molecule has 0 fully saturated rings. The number of hydrogen-bond donors (Lipinski definition) is 0. The van der Waals surface area contributed by atoms with Crippen molar-refractivity contribution in [3.05, 3.63) is 0 Å². The summed E-state index contributed by atoms with van der Waals surface area (Å²) in [6, 6.07) is 0. The lowest BCUT2D eigenvalue weighted by molar-refractivity contribution is 0.219. The second-order valence-corrected chi connectivity index (χ2v) is 5.90. The highest BCUT2D eigenvalue weighted by molar-refractivity contribution is 4.72. The first-order chi connectivity index (χ1) is 6.40. The lowest BCUT2D eigenvalue weighted by atomic mass is 9.77. The fourth-order valence-corrected chi connectivity index (χ4v) is 1.57. The maximum absolute atomic E-state index is 2.40. The van der Waals surface area contributed by atoms with Gasteiger partial charge in [0.1, 0.15) is 0 Å². The minimum Gasteiger partial charge on any atom is -0.0651 e. The van der Waals surface area contributed by atoms with Gasteiger partial charge in [-0.1, -0.05) is 67.2 Å². The Morgan fingerprint density at radius 3 is 2.00 bits per heavy atom. The van der Waals surface area contributed by atoms with Crippen LogP contribution in [0.1, 0.15) is 73.6 Å². The Bertz CT molecular complexity index is 133. The van der Waals surface area contributed by atoms with Gasteiger partial charge < -0.3 is 0 Å². The SMILES string of the molecule is CCC(C)CCCCC(C)(C)C(C)C. The molecule has 0 N–H and O–H groups in total. The Kier molecular flexibility index (Phi) is 6.48. The second kappa shape index (κ2) is 6.48. The van der Waals surface area contributed by atoms with E-state index in [0.29, 0.717) is 5.41 Å². The molecular formula is C14H30. The van der Waals surface area contributed by atoms with Crippen LogP contribution >= 0.6 is 0 Å². The first-order valence-corrected chi connectivity index (χ1v) is 6.40. The van der Waals surface area contributed by atoms with Crippen LogP contribution in [0.15, 0.2) is 0 Å². The second-order valence-electron chi connectivity index (χ2n) is 5.90. The predicted octanol–water partition coefficient (Wildman–Crippen LogP) is 5.28. The molecule has 0 aromatic carbocycles. The number of unbranched alkanes of at least 4 members (excludes halogenated alkanes) is 1. The fourth-order valence-electron chi connectivity index (χ4n) is 1.57. The maximum Gasteiger partial charge on any atom is -0.0331 e. The summed E-state index contributed by atoms with van der Waals surface area (Å²) in [6.45, 7) is 14.2. The van der Waals surface area contributed by atoms with Gasteiger partial charge in [0.05, 0.1) is 0 Å². The van der Waals surface area contributed by atoms with E-state index in [2.05, 4.69) is 41.5 Å². The molecule has 0 aliphatic carbocycles. The molecule has 86 valence electrons. The molecule has 0 rings (SSSR count). The van der Waals surface area contributed by atoms with Crippen molar-refractivity contribution in [2.75, 3.05) is 0 Å². The van der Waals surface area contributed by atoms with E-state index in [-0.39, 0.29) is 0 Å². The molecule has 0 aromatic rings. The summed E-state index contributed by atoms with van der Waals surface area (Å²) in [5.74, 6) is 1.74. The summed E-state index contributed by atoms with van der Waals surface area (Å²) in [5, 5.41) is 0. The van der Waals surface area contributed by atoms with Crippen LogP contribution in [-0.2, 0) is 0 Å². The summed E-state index contributed by atoms with van der Waals surface area (Å²) >= 11 is 0. The summed E-state index contributed by atoms with van der Waals surface area (Å²) in [7, 11) is 0. The Hall–Kier alpha value is 0. The van der Waals surface area contributed by atoms with Gasteiger partial charge in [0.2, 0.25) is 0 Å². The third-order valence-electron chi connectivity index (χ3n) is 4.03. The van der Waals surface area contributed by atoms with E-state index in [9.17, 15) is 0 Å². The van der Waals surface area contributed by atoms with E-state index in [1.165, 1.54) is 32.1 Å². The Morgan fingerprint density at radius 2 is 1.57 bits per heavy atom. The third kappa shape index (κ3) is 5.67. The summed E-state index contributed by atoms with van der Waals surface area (Å²) in [4.78, 5) is 0. The highest BCUT2D eigenvalue weighted by atomic mass is 14.3. The highest BCUT2D eigenvalue weighted by Gasteiger charge is 2.21. The van der Waals surface area contributed by atoms with Crippen molar-refractivity contribution in [2.45, 2.75) is 73.6 Å².